The van der Waals surface area contributed by atoms with Gasteiger partial charge in [-0.05, 0) is 6.07 Å². The third kappa shape index (κ3) is 1.91. The molecule has 90 valence electrons. The number of nitrogens with two attached hydrogens (primary N) is 1. The molecular weight excluding hydrogens is 239 g/mol. The fourth-order valence-electron chi connectivity index (χ4n) is 1.29. The maximum atomic E-state index is 12.6. The van der Waals surface area contributed by atoms with Gasteiger partial charge in [0.05, 0.1) is 0 Å². The Bertz CT molecular complexity index is 576. The molecule has 3 N–H and O–H groups in total. The highest BCUT2D eigenvalue weighted by molar-refractivity contribution is 5.92. The van der Waals surface area contributed by atoms with Crippen LogP contribution in [0.5, 0.6) is 0 Å². The molecule has 1 amide bonds. The number of carbonyl (C=O) groups is 1. The van der Waals surface area contributed by atoms with Gasteiger partial charge < -0.3 is 0 Å². The first kappa shape index (κ1) is 11.3. The molecule has 0 fully saturated rings. The van der Waals surface area contributed by atoms with Crippen molar-refractivity contribution >= 4 is 11.6 Å². The molecule has 0 unspecified atom stereocenters. The Labute approximate surface area is 92.2 Å². The first-order chi connectivity index (χ1) is 7.93. The van der Waals surface area contributed by atoms with E-state index in [-0.39, 0.29) is 11.3 Å². The van der Waals surface area contributed by atoms with Crippen molar-refractivity contribution in [1.82, 2.24) is 20.0 Å². The van der Waals surface area contributed by atoms with Crippen molar-refractivity contribution in [3.05, 3.63) is 29.7 Å². The lowest BCUT2D eigenvalue weighted by Gasteiger charge is -2.07. The standard InChI is InChI=1S/C8H6F3N5O/c9-8(10,11)5-1-2-13-6-3-4(7(17)14-12)15-16(5)6/h1-3H,12H2,(H,14,17). The number of aromatic nitrogens is 3. The molecular formula is C8H6F3N5O. The summed E-state index contributed by atoms with van der Waals surface area (Å²) in [4.78, 5) is 14.8. The monoisotopic (exact) mass is 245 g/mol. The smallest absolute Gasteiger partial charge is 0.289 e. The van der Waals surface area contributed by atoms with E-state index in [0.29, 0.717) is 4.52 Å². The summed E-state index contributed by atoms with van der Waals surface area (Å²) in [6.45, 7) is 0. The minimum Gasteiger partial charge on any atom is -0.289 e. The van der Waals surface area contributed by atoms with Gasteiger partial charge in [0.1, 0.15) is 5.69 Å². The quantitative estimate of drug-likeness (QED) is 0.431. The molecule has 0 aromatic carbocycles. The molecule has 0 radical (unpaired) electrons. The number of alkyl halides is 3. The lowest BCUT2D eigenvalue weighted by Crippen LogP contribution is -2.30. The highest BCUT2D eigenvalue weighted by Crippen LogP contribution is 2.28. The van der Waals surface area contributed by atoms with Gasteiger partial charge in [0.25, 0.3) is 5.91 Å². The summed E-state index contributed by atoms with van der Waals surface area (Å²) >= 11 is 0. The van der Waals surface area contributed by atoms with Crippen molar-refractivity contribution < 1.29 is 18.0 Å². The van der Waals surface area contributed by atoms with E-state index in [1.807, 2.05) is 0 Å². The molecule has 9 heteroatoms. The maximum Gasteiger partial charge on any atom is 0.433 e. The summed E-state index contributed by atoms with van der Waals surface area (Å²) < 4.78 is 38.3. The van der Waals surface area contributed by atoms with E-state index in [0.717, 1.165) is 18.3 Å². The van der Waals surface area contributed by atoms with Crippen LogP contribution in [0.3, 0.4) is 0 Å². The number of nitrogen functional groups attached to an aromatic ring is 1. The second-order valence-electron chi connectivity index (χ2n) is 3.10. The van der Waals surface area contributed by atoms with Crippen LogP contribution in [0.25, 0.3) is 5.65 Å². The van der Waals surface area contributed by atoms with Gasteiger partial charge in [0.2, 0.25) is 0 Å². The van der Waals surface area contributed by atoms with Gasteiger partial charge in [-0.1, -0.05) is 0 Å². The molecule has 2 aromatic heterocycles. The van der Waals surface area contributed by atoms with Gasteiger partial charge in [-0.25, -0.2) is 15.3 Å². The number of hydrogen-bond acceptors (Lipinski definition) is 4. The fourth-order valence-corrected chi connectivity index (χ4v) is 1.29. The average molecular weight is 245 g/mol. The van der Waals surface area contributed by atoms with Crippen molar-refractivity contribution in [2.75, 3.05) is 0 Å². The summed E-state index contributed by atoms with van der Waals surface area (Å²) in [6.07, 6.45) is -3.59. The van der Waals surface area contributed by atoms with Crippen LogP contribution in [0.4, 0.5) is 13.2 Å². The van der Waals surface area contributed by atoms with Crippen molar-refractivity contribution in [2.45, 2.75) is 6.18 Å². The predicted octanol–water partition coefficient (Wildman–Crippen LogP) is 0.352. The third-order valence-electron chi connectivity index (χ3n) is 2.01. The molecule has 0 atom stereocenters. The van der Waals surface area contributed by atoms with Gasteiger partial charge in [0, 0.05) is 12.3 Å². The van der Waals surface area contributed by atoms with Gasteiger partial charge >= 0.3 is 6.18 Å². The molecule has 0 spiro atoms. The minimum atomic E-state index is -4.58. The third-order valence-corrected chi connectivity index (χ3v) is 2.01. The average Bonchev–Trinajstić information content (AvgIpc) is 2.69. The Kier molecular flexibility index (Phi) is 2.46. The number of rotatable bonds is 1. The van der Waals surface area contributed by atoms with Gasteiger partial charge in [-0.15, -0.1) is 0 Å². The lowest BCUT2D eigenvalue weighted by atomic mass is 10.4. The zero-order valence-corrected chi connectivity index (χ0v) is 8.19. The summed E-state index contributed by atoms with van der Waals surface area (Å²) in [5.41, 5.74) is 0.437. The first-order valence-corrected chi connectivity index (χ1v) is 4.36. The molecule has 0 bridgehead atoms. The fraction of sp³-hybridized carbons (Fsp3) is 0.125. The maximum absolute atomic E-state index is 12.6. The topological polar surface area (TPSA) is 85.3 Å². The van der Waals surface area contributed by atoms with Crippen LogP contribution in [-0.2, 0) is 6.18 Å². The van der Waals surface area contributed by atoms with Crippen molar-refractivity contribution in [1.29, 1.82) is 0 Å². The van der Waals surface area contributed by atoms with Gasteiger partial charge in [-0.3, -0.25) is 10.2 Å². The highest BCUT2D eigenvalue weighted by Gasteiger charge is 2.34. The van der Waals surface area contributed by atoms with E-state index in [1.165, 1.54) is 0 Å². The van der Waals surface area contributed by atoms with E-state index in [4.69, 9.17) is 5.84 Å². The largest absolute Gasteiger partial charge is 0.433 e. The van der Waals surface area contributed by atoms with Crippen LogP contribution in [-0.4, -0.2) is 20.5 Å². The summed E-state index contributed by atoms with van der Waals surface area (Å²) in [5.74, 6) is 4.07. The van der Waals surface area contributed by atoms with Gasteiger partial charge in [-0.2, -0.15) is 18.3 Å². The molecule has 0 saturated heterocycles. The molecule has 2 rings (SSSR count). The van der Waals surface area contributed by atoms with Crippen LogP contribution in [0.1, 0.15) is 16.2 Å². The Morgan fingerprint density at radius 1 is 1.47 bits per heavy atom. The van der Waals surface area contributed by atoms with Crippen LogP contribution in [0, 0.1) is 0 Å². The molecule has 0 aliphatic heterocycles. The molecule has 0 aliphatic rings. The number of carbonyl (C=O) groups excluding carboxylic acids is 1. The summed E-state index contributed by atoms with van der Waals surface area (Å²) in [7, 11) is 0. The lowest BCUT2D eigenvalue weighted by molar-refractivity contribution is -0.142. The molecule has 0 aliphatic carbocycles. The number of halogens is 3. The molecule has 0 saturated carbocycles. The summed E-state index contributed by atoms with van der Waals surface area (Å²) in [6, 6.07) is 1.88. The van der Waals surface area contributed by atoms with Crippen molar-refractivity contribution in [2.24, 2.45) is 5.84 Å². The van der Waals surface area contributed by atoms with E-state index in [1.54, 1.807) is 5.43 Å². The molecule has 2 heterocycles. The first-order valence-electron chi connectivity index (χ1n) is 4.36. The van der Waals surface area contributed by atoms with Crippen LogP contribution in [0.2, 0.25) is 0 Å². The minimum absolute atomic E-state index is 0.0848. The zero-order valence-electron chi connectivity index (χ0n) is 8.19. The van der Waals surface area contributed by atoms with Crippen LogP contribution < -0.4 is 11.3 Å². The Morgan fingerprint density at radius 3 is 2.76 bits per heavy atom. The predicted molar refractivity (Wildman–Crippen MR) is 49.6 cm³/mol. The SMILES string of the molecule is NNC(=O)c1cc2nccc(C(F)(F)F)n2n1. The van der Waals surface area contributed by atoms with Crippen LogP contribution in [0.15, 0.2) is 18.3 Å². The number of hydrazine groups is 1. The number of fused-ring (bicyclic) bond motifs is 1. The van der Waals surface area contributed by atoms with Crippen molar-refractivity contribution in [3.63, 3.8) is 0 Å². The molecule has 17 heavy (non-hydrogen) atoms. The van der Waals surface area contributed by atoms with E-state index in [2.05, 4.69) is 10.1 Å². The zero-order chi connectivity index (χ0) is 12.6. The number of amides is 1. The van der Waals surface area contributed by atoms with Crippen LogP contribution >= 0.6 is 0 Å². The highest BCUT2D eigenvalue weighted by atomic mass is 19.4. The number of nitrogens with zero attached hydrogens (tertiary/aromatic N) is 3. The van der Waals surface area contributed by atoms with E-state index >= 15 is 0 Å². The second-order valence-corrected chi connectivity index (χ2v) is 3.10. The number of hydrogen-bond donors (Lipinski definition) is 2. The number of nitrogens with one attached hydrogen (secondary N) is 1. The van der Waals surface area contributed by atoms with E-state index in [9.17, 15) is 18.0 Å². The Balaban J connectivity index is 2.65. The normalized spacial score (nSPS) is 11.8. The Morgan fingerprint density at radius 2 is 2.18 bits per heavy atom. The van der Waals surface area contributed by atoms with E-state index < -0.39 is 17.8 Å². The Hall–Kier alpha value is -2.16. The van der Waals surface area contributed by atoms with Crippen molar-refractivity contribution in [3.8, 4) is 0 Å². The summed E-state index contributed by atoms with van der Waals surface area (Å²) in [5, 5.41) is 3.49. The molecule has 2 aromatic rings. The second kappa shape index (κ2) is 3.70. The van der Waals surface area contributed by atoms with Gasteiger partial charge in [0.15, 0.2) is 11.3 Å². The molecule has 6 nitrogen and oxygen atoms in total.